The fourth-order valence-corrected chi connectivity index (χ4v) is 3.32. The molecule has 0 rings (SSSR count). The van der Waals surface area contributed by atoms with Gasteiger partial charge in [0.25, 0.3) is 0 Å². The maximum Gasteiger partial charge on any atom is 0.474 e. The van der Waals surface area contributed by atoms with Crippen molar-refractivity contribution in [3.05, 3.63) is 0 Å². The Morgan fingerprint density at radius 2 is 1.35 bits per heavy atom. The lowest BCUT2D eigenvalue weighted by molar-refractivity contribution is -0.111. The molecule has 20 heavy (non-hydrogen) atoms. The monoisotopic (exact) mass is 344 g/mol. The van der Waals surface area contributed by atoms with Crippen molar-refractivity contribution in [2.75, 3.05) is 31.8 Å². The summed E-state index contributed by atoms with van der Waals surface area (Å²) >= 11 is 2.24. The van der Waals surface area contributed by atoms with Gasteiger partial charge in [0.15, 0.2) is 10.2 Å². The van der Waals surface area contributed by atoms with E-state index in [-0.39, 0.29) is 23.4 Å². The SMILES string of the molecule is CCC(=O)SCCOP(=O)(OC)OCCSC(=O)CC. The van der Waals surface area contributed by atoms with E-state index in [1.165, 1.54) is 7.11 Å². The average Bonchev–Trinajstić information content (AvgIpc) is 2.47. The lowest BCUT2D eigenvalue weighted by atomic mass is 10.6. The lowest BCUT2D eigenvalue weighted by Gasteiger charge is -2.15. The van der Waals surface area contributed by atoms with Gasteiger partial charge >= 0.3 is 7.82 Å². The van der Waals surface area contributed by atoms with Crippen LogP contribution in [0.15, 0.2) is 0 Å². The number of carbonyl (C=O) groups excluding carboxylic acids is 2. The first-order chi connectivity index (χ1) is 9.47. The summed E-state index contributed by atoms with van der Waals surface area (Å²) in [6.07, 6.45) is 0.900. The molecule has 0 fully saturated rings. The molecule has 9 heteroatoms. The Morgan fingerprint density at radius 3 is 1.65 bits per heavy atom. The Morgan fingerprint density at radius 1 is 0.950 bits per heavy atom. The largest absolute Gasteiger partial charge is 0.474 e. The third kappa shape index (κ3) is 9.96. The zero-order chi connectivity index (χ0) is 15.4. The maximum absolute atomic E-state index is 12.0. The molecular formula is C11H21O6PS2. The molecule has 0 aliphatic rings. The highest BCUT2D eigenvalue weighted by Crippen LogP contribution is 2.48. The first-order valence-corrected chi connectivity index (χ1v) is 9.66. The normalized spacial score (nSPS) is 11.6. The first kappa shape index (κ1) is 20.1. The molecule has 0 amide bonds. The standard InChI is InChI=1S/C11H21O6PS2/c1-4-10(12)19-8-6-16-18(14,15-3)17-7-9-20-11(13)5-2/h4-9H2,1-3H3. The van der Waals surface area contributed by atoms with Crippen LogP contribution in [0.2, 0.25) is 0 Å². The Labute approximate surface area is 128 Å². The van der Waals surface area contributed by atoms with Crippen molar-refractivity contribution in [1.82, 2.24) is 0 Å². The number of thioether (sulfide) groups is 2. The second-order valence-corrected chi connectivity index (χ2v) is 7.52. The molecule has 0 aromatic carbocycles. The van der Waals surface area contributed by atoms with E-state index >= 15 is 0 Å². The number of carbonyl (C=O) groups is 2. The summed E-state index contributed by atoms with van der Waals surface area (Å²) < 4.78 is 26.8. The van der Waals surface area contributed by atoms with E-state index in [1.54, 1.807) is 13.8 Å². The summed E-state index contributed by atoms with van der Waals surface area (Å²) in [5.41, 5.74) is 0. The van der Waals surface area contributed by atoms with Crippen LogP contribution in [0.25, 0.3) is 0 Å². The van der Waals surface area contributed by atoms with Crippen LogP contribution in [-0.4, -0.2) is 42.1 Å². The molecule has 0 unspecified atom stereocenters. The molecule has 0 N–H and O–H groups in total. The topological polar surface area (TPSA) is 78.9 Å². The molecule has 118 valence electrons. The summed E-state index contributed by atoms with van der Waals surface area (Å²) in [5, 5.41) is 0.104. The van der Waals surface area contributed by atoms with Crippen molar-refractivity contribution in [2.45, 2.75) is 26.7 Å². The van der Waals surface area contributed by atoms with Crippen LogP contribution < -0.4 is 0 Å². The van der Waals surface area contributed by atoms with Crippen molar-refractivity contribution in [2.24, 2.45) is 0 Å². The molecule has 0 radical (unpaired) electrons. The average molecular weight is 344 g/mol. The number of hydrogen-bond donors (Lipinski definition) is 0. The minimum Gasteiger partial charge on any atom is -0.290 e. The highest BCUT2D eigenvalue weighted by atomic mass is 32.2. The minimum atomic E-state index is -3.59. The smallest absolute Gasteiger partial charge is 0.290 e. The maximum atomic E-state index is 12.0. The van der Waals surface area contributed by atoms with Gasteiger partial charge in [-0.25, -0.2) is 4.57 Å². The van der Waals surface area contributed by atoms with Crippen LogP contribution in [0.1, 0.15) is 26.7 Å². The Kier molecular flexibility index (Phi) is 11.9. The van der Waals surface area contributed by atoms with Crippen LogP contribution in [0, 0.1) is 0 Å². The van der Waals surface area contributed by atoms with Gasteiger partial charge in [0, 0.05) is 31.5 Å². The van der Waals surface area contributed by atoms with Crippen molar-refractivity contribution in [3.8, 4) is 0 Å². The van der Waals surface area contributed by atoms with Gasteiger partial charge in [-0.1, -0.05) is 37.4 Å². The summed E-state index contributed by atoms with van der Waals surface area (Å²) in [4.78, 5) is 22.1. The van der Waals surface area contributed by atoms with Crippen molar-refractivity contribution < 1.29 is 27.7 Å². The van der Waals surface area contributed by atoms with E-state index in [4.69, 9.17) is 13.6 Å². The Balaban J connectivity index is 3.87. The van der Waals surface area contributed by atoms with E-state index in [1.807, 2.05) is 0 Å². The quantitative estimate of drug-likeness (QED) is 0.418. The summed E-state index contributed by atoms with van der Waals surface area (Å²) in [6.45, 7) is 3.74. The predicted molar refractivity (Wildman–Crippen MR) is 82.0 cm³/mol. The molecule has 0 saturated carbocycles. The highest BCUT2D eigenvalue weighted by Gasteiger charge is 2.24. The molecule has 0 aromatic rings. The molecule has 0 spiro atoms. The van der Waals surface area contributed by atoms with Gasteiger partial charge in [-0.05, 0) is 0 Å². The molecule has 0 atom stereocenters. The van der Waals surface area contributed by atoms with Crippen molar-refractivity contribution in [1.29, 1.82) is 0 Å². The zero-order valence-corrected chi connectivity index (χ0v) is 14.5. The minimum absolute atomic E-state index is 0.0521. The lowest BCUT2D eigenvalue weighted by Crippen LogP contribution is -2.05. The second kappa shape index (κ2) is 11.8. The highest BCUT2D eigenvalue weighted by molar-refractivity contribution is 8.13. The Bertz CT molecular complexity index is 322. The molecule has 0 heterocycles. The summed E-state index contributed by atoms with van der Waals surface area (Å²) in [6, 6.07) is 0. The van der Waals surface area contributed by atoms with Gasteiger partial charge in [0.05, 0.1) is 13.2 Å². The molecule has 0 saturated heterocycles. The van der Waals surface area contributed by atoms with Gasteiger partial charge < -0.3 is 0 Å². The molecule has 0 aromatic heterocycles. The molecule has 0 aliphatic carbocycles. The van der Waals surface area contributed by atoms with Crippen molar-refractivity contribution in [3.63, 3.8) is 0 Å². The molecule has 0 aliphatic heterocycles. The van der Waals surface area contributed by atoms with E-state index in [0.717, 1.165) is 23.5 Å². The van der Waals surface area contributed by atoms with E-state index in [9.17, 15) is 14.2 Å². The third-order valence-corrected chi connectivity index (χ3v) is 5.40. The number of phosphoric ester groups is 1. The second-order valence-electron chi connectivity index (χ2n) is 3.44. The fourth-order valence-electron chi connectivity index (χ4n) is 0.956. The predicted octanol–water partition coefficient (Wildman–Crippen LogP) is 3.11. The molecule has 0 bridgehead atoms. The Hall–Kier alpha value is 0.150. The number of rotatable bonds is 11. The van der Waals surface area contributed by atoms with Crippen LogP contribution in [0.4, 0.5) is 0 Å². The van der Waals surface area contributed by atoms with Crippen LogP contribution in [0.3, 0.4) is 0 Å². The van der Waals surface area contributed by atoms with Gasteiger partial charge in [0.2, 0.25) is 0 Å². The molecule has 6 nitrogen and oxygen atoms in total. The molecular weight excluding hydrogens is 323 g/mol. The van der Waals surface area contributed by atoms with Gasteiger partial charge in [-0.2, -0.15) is 0 Å². The van der Waals surface area contributed by atoms with Crippen LogP contribution in [0.5, 0.6) is 0 Å². The number of hydrogen-bond acceptors (Lipinski definition) is 8. The van der Waals surface area contributed by atoms with E-state index in [2.05, 4.69) is 0 Å². The zero-order valence-electron chi connectivity index (χ0n) is 12.0. The fraction of sp³-hybridized carbons (Fsp3) is 0.818. The number of phosphoric acid groups is 1. The van der Waals surface area contributed by atoms with Crippen LogP contribution >= 0.6 is 31.3 Å². The van der Waals surface area contributed by atoms with Gasteiger partial charge in [-0.3, -0.25) is 23.2 Å². The van der Waals surface area contributed by atoms with E-state index in [0.29, 0.717) is 24.3 Å². The van der Waals surface area contributed by atoms with Crippen molar-refractivity contribution >= 4 is 41.6 Å². The first-order valence-electron chi connectivity index (χ1n) is 6.23. The van der Waals surface area contributed by atoms with Gasteiger partial charge in [-0.15, -0.1) is 0 Å². The summed E-state index contributed by atoms with van der Waals surface area (Å²) in [5.74, 6) is 0.791. The van der Waals surface area contributed by atoms with E-state index < -0.39 is 7.82 Å². The summed E-state index contributed by atoms with van der Waals surface area (Å²) in [7, 11) is -2.35. The van der Waals surface area contributed by atoms with Gasteiger partial charge in [0.1, 0.15) is 0 Å². The third-order valence-electron chi connectivity index (χ3n) is 1.99. The van der Waals surface area contributed by atoms with Crippen LogP contribution in [-0.2, 0) is 27.7 Å².